The van der Waals surface area contributed by atoms with E-state index >= 15 is 0 Å². The van der Waals surface area contributed by atoms with Crippen LogP contribution in [0.4, 0.5) is 5.69 Å². The van der Waals surface area contributed by atoms with Crippen LogP contribution in [0.5, 0.6) is 0 Å². The fourth-order valence-corrected chi connectivity index (χ4v) is 2.35. The maximum Gasteiger partial charge on any atom is 0.255 e. The maximum atomic E-state index is 12.3. The van der Waals surface area contributed by atoms with Crippen LogP contribution >= 0.6 is 11.6 Å². The molecule has 1 aliphatic heterocycles. The summed E-state index contributed by atoms with van der Waals surface area (Å²) in [5.74, 6) is -0.0513. The quantitative estimate of drug-likeness (QED) is 0.837. The van der Waals surface area contributed by atoms with E-state index in [0.717, 1.165) is 12.8 Å². The smallest absolute Gasteiger partial charge is 0.255 e. The topological polar surface area (TPSA) is 55.6 Å². The standard InChI is InChI=1S/C13H17ClN2O2/c1-18-10-4-6-16(7-5-10)13(17)11-8-9(14)2-3-12(11)15/h2-3,8,10H,4-7,15H2,1H3. The van der Waals surface area contributed by atoms with Gasteiger partial charge >= 0.3 is 0 Å². The Morgan fingerprint density at radius 1 is 1.44 bits per heavy atom. The zero-order valence-electron chi connectivity index (χ0n) is 10.4. The molecule has 1 aromatic carbocycles. The highest BCUT2D eigenvalue weighted by atomic mass is 35.5. The van der Waals surface area contributed by atoms with Gasteiger partial charge in [-0.3, -0.25) is 4.79 Å². The van der Waals surface area contributed by atoms with Gasteiger partial charge in [-0.2, -0.15) is 0 Å². The van der Waals surface area contributed by atoms with E-state index in [2.05, 4.69) is 0 Å². The van der Waals surface area contributed by atoms with Crippen molar-refractivity contribution < 1.29 is 9.53 Å². The SMILES string of the molecule is COC1CCN(C(=O)c2cc(Cl)ccc2N)CC1. The Morgan fingerprint density at radius 2 is 2.11 bits per heavy atom. The number of likely N-dealkylation sites (tertiary alicyclic amines) is 1. The lowest BCUT2D eigenvalue weighted by atomic mass is 10.1. The molecule has 0 atom stereocenters. The number of rotatable bonds is 2. The molecule has 1 aliphatic rings. The summed E-state index contributed by atoms with van der Waals surface area (Å²) in [6, 6.07) is 4.98. The van der Waals surface area contributed by atoms with Gasteiger partial charge in [0.15, 0.2) is 0 Å². The minimum absolute atomic E-state index is 0.0513. The van der Waals surface area contributed by atoms with Crippen LogP contribution in [0.3, 0.4) is 0 Å². The van der Waals surface area contributed by atoms with Crippen LogP contribution in [-0.2, 0) is 4.74 Å². The monoisotopic (exact) mass is 268 g/mol. The van der Waals surface area contributed by atoms with Crippen molar-refractivity contribution in [1.29, 1.82) is 0 Å². The van der Waals surface area contributed by atoms with Gasteiger partial charge in [0.05, 0.1) is 11.7 Å². The van der Waals surface area contributed by atoms with Gasteiger partial charge in [-0.1, -0.05) is 11.6 Å². The van der Waals surface area contributed by atoms with Crippen LogP contribution in [0.15, 0.2) is 18.2 Å². The van der Waals surface area contributed by atoms with Crippen molar-refractivity contribution in [2.75, 3.05) is 25.9 Å². The van der Waals surface area contributed by atoms with Crippen LogP contribution in [-0.4, -0.2) is 37.1 Å². The van der Waals surface area contributed by atoms with Gasteiger partial charge in [-0.05, 0) is 31.0 Å². The summed E-state index contributed by atoms with van der Waals surface area (Å²) >= 11 is 5.90. The van der Waals surface area contributed by atoms with Crippen LogP contribution in [0.25, 0.3) is 0 Å². The predicted molar refractivity (Wildman–Crippen MR) is 71.8 cm³/mol. The minimum Gasteiger partial charge on any atom is -0.398 e. The molecule has 0 saturated carbocycles. The van der Waals surface area contributed by atoms with Crippen molar-refractivity contribution in [3.63, 3.8) is 0 Å². The first kappa shape index (κ1) is 13.2. The zero-order valence-corrected chi connectivity index (χ0v) is 11.1. The molecule has 0 radical (unpaired) electrons. The van der Waals surface area contributed by atoms with Crippen LogP contribution in [0, 0.1) is 0 Å². The van der Waals surface area contributed by atoms with Crippen molar-refractivity contribution in [2.45, 2.75) is 18.9 Å². The molecule has 1 heterocycles. The van der Waals surface area contributed by atoms with E-state index in [1.54, 1.807) is 30.2 Å². The van der Waals surface area contributed by atoms with E-state index in [9.17, 15) is 4.79 Å². The van der Waals surface area contributed by atoms with E-state index < -0.39 is 0 Å². The Balaban J connectivity index is 2.10. The summed E-state index contributed by atoms with van der Waals surface area (Å²) in [4.78, 5) is 14.1. The average molecular weight is 269 g/mol. The Bertz CT molecular complexity index is 443. The Morgan fingerprint density at radius 3 is 2.72 bits per heavy atom. The number of hydrogen-bond acceptors (Lipinski definition) is 3. The molecule has 0 aliphatic carbocycles. The van der Waals surface area contributed by atoms with Crippen molar-refractivity contribution >= 4 is 23.2 Å². The molecule has 1 amide bonds. The molecule has 0 bridgehead atoms. The number of nitrogen functional groups attached to an aromatic ring is 1. The summed E-state index contributed by atoms with van der Waals surface area (Å²) in [6.45, 7) is 1.40. The highest BCUT2D eigenvalue weighted by Crippen LogP contribution is 2.22. The van der Waals surface area contributed by atoms with Gasteiger partial charge in [-0.15, -0.1) is 0 Å². The predicted octanol–water partition coefficient (Wildman–Crippen LogP) is 2.17. The molecule has 98 valence electrons. The fourth-order valence-electron chi connectivity index (χ4n) is 2.18. The highest BCUT2D eigenvalue weighted by Gasteiger charge is 2.24. The molecule has 1 aromatic rings. The van der Waals surface area contributed by atoms with E-state index in [-0.39, 0.29) is 12.0 Å². The molecule has 0 unspecified atom stereocenters. The van der Waals surface area contributed by atoms with Crippen molar-refractivity contribution in [2.24, 2.45) is 0 Å². The number of piperidine rings is 1. The number of amides is 1. The summed E-state index contributed by atoms with van der Waals surface area (Å²) in [5.41, 5.74) is 6.77. The molecule has 2 rings (SSSR count). The number of nitrogens with two attached hydrogens (primary N) is 1. The van der Waals surface area contributed by atoms with Crippen molar-refractivity contribution in [1.82, 2.24) is 4.90 Å². The number of ether oxygens (including phenoxy) is 1. The molecule has 0 aromatic heterocycles. The zero-order chi connectivity index (χ0) is 13.1. The number of anilines is 1. The third-order valence-corrected chi connectivity index (χ3v) is 3.54. The first-order valence-corrected chi connectivity index (χ1v) is 6.36. The number of carbonyl (C=O) groups excluding carboxylic acids is 1. The number of carbonyl (C=O) groups is 1. The lowest BCUT2D eigenvalue weighted by Gasteiger charge is -2.31. The first-order chi connectivity index (χ1) is 8.61. The number of methoxy groups -OCH3 is 1. The van der Waals surface area contributed by atoms with Crippen molar-refractivity contribution in [3.05, 3.63) is 28.8 Å². The molecule has 1 fully saturated rings. The Hall–Kier alpha value is -1.26. The first-order valence-electron chi connectivity index (χ1n) is 5.99. The average Bonchev–Trinajstić information content (AvgIpc) is 2.41. The second-order valence-electron chi connectivity index (χ2n) is 4.46. The van der Waals surface area contributed by atoms with Gasteiger partial charge in [0.25, 0.3) is 5.91 Å². The Kier molecular flexibility index (Phi) is 4.09. The molecule has 2 N–H and O–H groups in total. The van der Waals surface area contributed by atoms with Crippen LogP contribution < -0.4 is 5.73 Å². The second kappa shape index (κ2) is 5.59. The minimum atomic E-state index is -0.0513. The summed E-state index contributed by atoms with van der Waals surface area (Å²) in [5, 5.41) is 0.527. The van der Waals surface area contributed by atoms with Crippen LogP contribution in [0.2, 0.25) is 5.02 Å². The number of nitrogens with zero attached hydrogens (tertiary/aromatic N) is 1. The molecular formula is C13H17ClN2O2. The van der Waals surface area contributed by atoms with Crippen molar-refractivity contribution in [3.8, 4) is 0 Å². The van der Waals surface area contributed by atoms with Gasteiger partial charge in [0.2, 0.25) is 0 Å². The maximum absolute atomic E-state index is 12.3. The van der Waals surface area contributed by atoms with Gasteiger partial charge in [0.1, 0.15) is 0 Å². The van der Waals surface area contributed by atoms with Crippen LogP contribution in [0.1, 0.15) is 23.2 Å². The molecule has 0 spiro atoms. The number of hydrogen-bond donors (Lipinski definition) is 1. The van der Waals surface area contributed by atoms with E-state index in [1.807, 2.05) is 0 Å². The molecule has 1 saturated heterocycles. The highest BCUT2D eigenvalue weighted by molar-refractivity contribution is 6.31. The third kappa shape index (κ3) is 2.76. The van der Waals surface area contributed by atoms with E-state index in [0.29, 0.717) is 29.4 Å². The van der Waals surface area contributed by atoms with Gasteiger partial charge < -0.3 is 15.4 Å². The summed E-state index contributed by atoms with van der Waals surface area (Å²) in [7, 11) is 1.71. The number of benzene rings is 1. The van der Waals surface area contributed by atoms with E-state index in [4.69, 9.17) is 22.1 Å². The van der Waals surface area contributed by atoms with E-state index in [1.165, 1.54) is 0 Å². The second-order valence-corrected chi connectivity index (χ2v) is 4.90. The molecule has 18 heavy (non-hydrogen) atoms. The Labute approximate surface area is 112 Å². The molecular weight excluding hydrogens is 252 g/mol. The molecule has 4 nitrogen and oxygen atoms in total. The summed E-state index contributed by atoms with van der Waals surface area (Å²) < 4.78 is 5.28. The van der Waals surface area contributed by atoms with Gasteiger partial charge in [-0.25, -0.2) is 0 Å². The largest absolute Gasteiger partial charge is 0.398 e. The molecule has 5 heteroatoms. The van der Waals surface area contributed by atoms with Gasteiger partial charge in [0, 0.05) is 30.9 Å². The lowest BCUT2D eigenvalue weighted by Crippen LogP contribution is -2.40. The normalized spacial score (nSPS) is 16.9. The lowest BCUT2D eigenvalue weighted by molar-refractivity contribution is 0.0351. The number of halogens is 1. The summed E-state index contributed by atoms with van der Waals surface area (Å²) in [6.07, 6.45) is 1.98. The fraction of sp³-hybridized carbons (Fsp3) is 0.462. The third-order valence-electron chi connectivity index (χ3n) is 3.31.